The van der Waals surface area contributed by atoms with Crippen molar-refractivity contribution in [3.8, 4) is 0 Å². The molecule has 1 heteroatoms. The Hall–Kier alpha value is -2.12. The lowest BCUT2D eigenvalue weighted by Gasteiger charge is -2.12. The van der Waals surface area contributed by atoms with Crippen LogP contribution in [-0.4, -0.2) is 0 Å². The second kappa shape index (κ2) is 3.44. The summed E-state index contributed by atoms with van der Waals surface area (Å²) in [7, 11) is 0. The summed E-state index contributed by atoms with van der Waals surface area (Å²) in [5, 5.41) is 18.6. The first kappa shape index (κ1) is 9.86. The Morgan fingerprint density at radius 2 is 1.39 bits per heavy atom. The third-order valence-corrected chi connectivity index (χ3v) is 3.75. The zero-order valence-electron chi connectivity index (χ0n) is 9.81. The predicted octanol–water partition coefficient (Wildman–Crippen LogP) is 4.51. The van der Waals surface area contributed by atoms with Gasteiger partial charge >= 0.3 is 0 Å². The highest BCUT2D eigenvalue weighted by atomic mass is 16.3. The Morgan fingerprint density at radius 3 is 2.17 bits per heavy atom. The molecule has 0 unspecified atom stereocenters. The van der Waals surface area contributed by atoms with Gasteiger partial charge in [0.05, 0.1) is 0 Å². The van der Waals surface area contributed by atoms with E-state index in [1.165, 1.54) is 26.9 Å². The van der Waals surface area contributed by atoms with Crippen molar-refractivity contribution in [1.82, 2.24) is 0 Å². The maximum atomic E-state index is 11.4. The summed E-state index contributed by atoms with van der Waals surface area (Å²) in [5.74, 6) is 0. The van der Waals surface area contributed by atoms with Crippen molar-refractivity contribution in [1.29, 1.82) is 0 Å². The normalized spacial score (nSPS) is 11.8. The summed E-state index contributed by atoms with van der Waals surface area (Å²) in [6.45, 7) is -0.163. The van der Waals surface area contributed by atoms with Crippen molar-refractivity contribution >= 4 is 32.3 Å². The zero-order chi connectivity index (χ0) is 12.1. The molecule has 1 nitrogen and oxygen atoms in total. The fraction of sp³-hybridized carbons (Fsp3) is 0.0588. The van der Waals surface area contributed by atoms with E-state index in [-0.39, 0.29) is 6.61 Å². The molecule has 0 aliphatic carbocycles. The van der Waals surface area contributed by atoms with Crippen LogP contribution in [0.4, 0.5) is 0 Å². The molecule has 4 rings (SSSR count). The molecule has 0 N–H and O–H groups in total. The van der Waals surface area contributed by atoms with Crippen LogP contribution in [0.15, 0.2) is 54.6 Å². The van der Waals surface area contributed by atoms with Crippen molar-refractivity contribution in [3.63, 3.8) is 0 Å². The van der Waals surface area contributed by atoms with Crippen molar-refractivity contribution in [2.24, 2.45) is 0 Å². The summed E-state index contributed by atoms with van der Waals surface area (Å²) in [6.07, 6.45) is 0. The largest absolute Gasteiger partial charge is 0.232 e. The summed E-state index contributed by atoms with van der Waals surface area (Å²) >= 11 is 0. The number of hydrogen-bond acceptors (Lipinski definition) is 0. The van der Waals surface area contributed by atoms with Gasteiger partial charge in [0.25, 0.3) is 0 Å². The first-order valence-corrected chi connectivity index (χ1v) is 6.12. The van der Waals surface area contributed by atoms with Crippen LogP contribution in [0.25, 0.3) is 32.3 Å². The van der Waals surface area contributed by atoms with Crippen molar-refractivity contribution in [3.05, 3.63) is 60.2 Å². The van der Waals surface area contributed by atoms with E-state index >= 15 is 0 Å². The Morgan fingerprint density at radius 1 is 0.722 bits per heavy atom. The van der Waals surface area contributed by atoms with E-state index in [2.05, 4.69) is 42.5 Å². The van der Waals surface area contributed by atoms with Crippen LogP contribution in [0.3, 0.4) is 0 Å². The molecule has 0 amide bonds. The second-order valence-corrected chi connectivity index (χ2v) is 4.73. The molecular weight excluding hydrogens is 220 g/mol. The van der Waals surface area contributed by atoms with Crippen LogP contribution < -0.4 is 0 Å². The minimum atomic E-state index is -0.163. The minimum absolute atomic E-state index is 0.163. The Labute approximate surface area is 105 Å². The van der Waals surface area contributed by atoms with Crippen LogP contribution >= 0.6 is 0 Å². The van der Waals surface area contributed by atoms with Gasteiger partial charge in [-0.3, -0.25) is 0 Å². The van der Waals surface area contributed by atoms with Gasteiger partial charge < -0.3 is 0 Å². The number of benzene rings is 4. The quantitative estimate of drug-likeness (QED) is 0.429. The molecule has 4 aromatic carbocycles. The maximum absolute atomic E-state index is 11.4. The van der Waals surface area contributed by atoms with Gasteiger partial charge in [0.15, 0.2) is 0 Å². The predicted molar refractivity (Wildman–Crippen MR) is 74.5 cm³/mol. The average molecular weight is 231 g/mol. The highest BCUT2D eigenvalue weighted by Gasteiger charge is 2.10. The molecule has 85 valence electrons. The number of hydrogen-bond donors (Lipinski definition) is 0. The van der Waals surface area contributed by atoms with Gasteiger partial charge in [-0.05, 0) is 43.9 Å². The van der Waals surface area contributed by atoms with Gasteiger partial charge in [-0.15, -0.1) is 0 Å². The summed E-state index contributed by atoms with van der Waals surface area (Å²) in [4.78, 5) is 0. The van der Waals surface area contributed by atoms with Crippen LogP contribution in [-0.2, 0) is 11.7 Å². The summed E-state index contributed by atoms with van der Waals surface area (Å²) < 4.78 is 0. The lowest BCUT2D eigenvalue weighted by atomic mass is 9.91. The molecule has 0 saturated heterocycles. The van der Waals surface area contributed by atoms with Crippen molar-refractivity contribution < 1.29 is 5.11 Å². The third-order valence-electron chi connectivity index (χ3n) is 3.75. The molecule has 0 aromatic heterocycles. The second-order valence-electron chi connectivity index (χ2n) is 4.73. The Balaban J connectivity index is 2.43. The van der Waals surface area contributed by atoms with Gasteiger partial charge in [-0.1, -0.05) is 48.5 Å². The molecule has 0 saturated carbocycles. The monoisotopic (exact) mass is 231 g/mol. The SMILES string of the molecule is [O]Cc1cc2cccc3ccc4cccc1c4c32. The van der Waals surface area contributed by atoms with Crippen LogP contribution in [0.1, 0.15) is 5.56 Å². The molecule has 0 bridgehead atoms. The van der Waals surface area contributed by atoms with Crippen LogP contribution in [0.5, 0.6) is 0 Å². The van der Waals surface area contributed by atoms with Crippen LogP contribution in [0.2, 0.25) is 0 Å². The molecule has 0 fully saturated rings. The topological polar surface area (TPSA) is 19.9 Å². The standard InChI is InChI=1S/C17H11O/c18-10-14-9-13-5-1-3-11-7-8-12-4-2-6-15(14)17(12)16(11)13/h1-9H,10H2. The fourth-order valence-electron chi connectivity index (χ4n) is 2.96. The van der Waals surface area contributed by atoms with Gasteiger partial charge in [-0.25, -0.2) is 5.11 Å². The molecule has 0 spiro atoms. The zero-order valence-corrected chi connectivity index (χ0v) is 9.81. The van der Waals surface area contributed by atoms with Gasteiger partial charge in [0.1, 0.15) is 6.61 Å². The summed E-state index contributed by atoms with van der Waals surface area (Å²) in [6, 6.07) is 18.8. The molecule has 0 atom stereocenters. The van der Waals surface area contributed by atoms with E-state index in [1.54, 1.807) is 0 Å². The van der Waals surface area contributed by atoms with Gasteiger partial charge in [0.2, 0.25) is 0 Å². The number of rotatable bonds is 1. The lowest BCUT2D eigenvalue weighted by molar-refractivity contribution is 0.179. The van der Waals surface area contributed by atoms with Crippen LogP contribution in [0, 0.1) is 0 Å². The van der Waals surface area contributed by atoms with Crippen molar-refractivity contribution in [2.75, 3.05) is 0 Å². The van der Waals surface area contributed by atoms with Crippen molar-refractivity contribution in [2.45, 2.75) is 6.61 Å². The van der Waals surface area contributed by atoms with Gasteiger partial charge in [-0.2, -0.15) is 0 Å². The maximum Gasteiger partial charge on any atom is 0.108 e. The molecule has 0 aliphatic heterocycles. The average Bonchev–Trinajstić information content (AvgIpc) is 2.44. The smallest absolute Gasteiger partial charge is 0.108 e. The van der Waals surface area contributed by atoms with E-state index in [1.807, 2.05) is 12.1 Å². The fourth-order valence-corrected chi connectivity index (χ4v) is 2.96. The summed E-state index contributed by atoms with van der Waals surface area (Å²) in [5.41, 5.74) is 0.895. The highest BCUT2D eigenvalue weighted by Crippen LogP contribution is 2.36. The molecule has 0 heterocycles. The first-order valence-electron chi connectivity index (χ1n) is 6.12. The minimum Gasteiger partial charge on any atom is -0.232 e. The highest BCUT2D eigenvalue weighted by molar-refractivity contribution is 6.23. The molecule has 1 radical (unpaired) electrons. The molecular formula is C17H11O. The van der Waals surface area contributed by atoms with E-state index in [9.17, 15) is 5.11 Å². The first-order chi connectivity index (χ1) is 8.88. The molecule has 18 heavy (non-hydrogen) atoms. The lowest BCUT2D eigenvalue weighted by Crippen LogP contribution is -1.89. The van der Waals surface area contributed by atoms with E-state index in [0.717, 1.165) is 10.9 Å². The Kier molecular flexibility index (Phi) is 1.88. The van der Waals surface area contributed by atoms with E-state index in [4.69, 9.17) is 0 Å². The van der Waals surface area contributed by atoms with E-state index in [0.29, 0.717) is 0 Å². The third kappa shape index (κ3) is 1.14. The Bertz CT molecular complexity index is 861. The molecule has 4 aromatic rings. The molecule has 0 aliphatic rings. The van der Waals surface area contributed by atoms with E-state index < -0.39 is 0 Å². The van der Waals surface area contributed by atoms with Gasteiger partial charge in [0, 0.05) is 0 Å².